The van der Waals surface area contributed by atoms with Crippen molar-refractivity contribution in [1.29, 1.82) is 0 Å². The molecule has 2 aromatic heterocycles. The molecule has 6 nitrogen and oxygen atoms in total. The molecule has 0 amide bonds. The predicted octanol–water partition coefficient (Wildman–Crippen LogP) is 4.95. The van der Waals surface area contributed by atoms with Crippen LogP contribution in [-0.2, 0) is 11.3 Å². The number of fused-ring (bicyclic) bond motifs is 1. The van der Waals surface area contributed by atoms with Crippen molar-refractivity contribution in [3.8, 4) is 17.3 Å². The fraction of sp³-hybridized carbons (Fsp3) is 0.227. The number of aryl methyl sites for hydroxylation is 1. The smallest absolute Gasteiger partial charge is 0.182 e. The maximum atomic E-state index is 14.7. The van der Waals surface area contributed by atoms with Crippen LogP contribution in [0.5, 0.6) is 5.75 Å². The number of rotatable bonds is 7. The number of para-hydroxylation sites is 1. The number of benzene rings is 2. The van der Waals surface area contributed by atoms with Gasteiger partial charge in [0.2, 0.25) is 0 Å². The van der Waals surface area contributed by atoms with Crippen LogP contribution in [0.2, 0.25) is 5.15 Å². The molecule has 2 heterocycles. The molecule has 0 aliphatic heterocycles. The van der Waals surface area contributed by atoms with Crippen molar-refractivity contribution in [2.75, 3.05) is 20.3 Å². The molecule has 166 valence electrons. The topological polar surface area (TPSA) is 62.1 Å². The van der Waals surface area contributed by atoms with Gasteiger partial charge in [0.15, 0.2) is 16.8 Å². The summed E-state index contributed by atoms with van der Waals surface area (Å²) in [5, 5.41) is 4.77. The van der Waals surface area contributed by atoms with Gasteiger partial charge in [0.25, 0.3) is 0 Å². The van der Waals surface area contributed by atoms with E-state index in [-0.39, 0.29) is 41.1 Å². The van der Waals surface area contributed by atoms with E-state index >= 15 is 0 Å². The predicted molar refractivity (Wildman–Crippen MR) is 113 cm³/mol. The average molecular weight is 463 g/mol. The van der Waals surface area contributed by atoms with Crippen molar-refractivity contribution >= 4 is 22.5 Å². The Kier molecular flexibility index (Phi) is 6.29. The molecule has 32 heavy (non-hydrogen) atoms. The van der Waals surface area contributed by atoms with Gasteiger partial charge in [0.05, 0.1) is 24.4 Å². The second kappa shape index (κ2) is 9.13. The lowest BCUT2D eigenvalue weighted by Crippen LogP contribution is -2.09. The SMILES string of the molecule is COCCOc1cc(F)c(Cn2nc(-c3nc(C)c(F)c(Cl)n3)c3ccccc32)c(F)c1. The van der Waals surface area contributed by atoms with Crippen LogP contribution in [0.25, 0.3) is 22.4 Å². The van der Waals surface area contributed by atoms with Crippen molar-refractivity contribution in [3.63, 3.8) is 0 Å². The molecule has 0 spiro atoms. The summed E-state index contributed by atoms with van der Waals surface area (Å²) < 4.78 is 54.9. The highest BCUT2D eigenvalue weighted by molar-refractivity contribution is 6.29. The molecular formula is C22H18ClF3N4O2. The Morgan fingerprint density at radius 1 is 1.03 bits per heavy atom. The maximum absolute atomic E-state index is 14.7. The zero-order chi connectivity index (χ0) is 22.8. The third-order valence-electron chi connectivity index (χ3n) is 4.82. The zero-order valence-electron chi connectivity index (χ0n) is 17.2. The highest BCUT2D eigenvalue weighted by Gasteiger charge is 2.20. The van der Waals surface area contributed by atoms with Gasteiger partial charge in [-0.3, -0.25) is 4.68 Å². The van der Waals surface area contributed by atoms with E-state index in [4.69, 9.17) is 21.1 Å². The van der Waals surface area contributed by atoms with E-state index in [1.54, 1.807) is 24.3 Å². The van der Waals surface area contributed by atoms with E-state index in [0.29, 0.717) is 23.2 Å². The zero-order valence-corrected chi connectivity index (χ0v) is 18.0. The maximum Gasteiger partial charge on any atom is 0.182 e. The molecule has 0 saturated carbocycles. The molecule has 4 aromatic rings. The molecule has 0 aliphatic rings. The number of aromatic nitrogens is 4. The minimum atomic E-state index is -0.768. The molecule has 4 rings (SSSR count). The van der Waals surface area contributed by atoms with Crippen LogP contribution in [0, 0.1) is 24.4 Å². The summed E-state index contributed by atoms with van der Waals surface area (Å²) in [4.78, 5) is 8.12. The van der Waals surface area contributed by atoms with Crippen LogP contribution in [-0.4, -0.2) is 40.1 Å². The molecule has 0 saturated heterocycles. The Hall–Kier alpha value is -3.17. The number of nitrogens with zero attached hydrogens (tertiary/aromatic N) is 4. The van der Waals surface area contributed by atoms with E-state index in [0.717, 1.165) is 12.1 Å². The average Bonchev–Trinajstić information content (AvgIpc) is 3.13. The summed E-state index contributed by atoms with van der Waals surface area (Å²) in [6, 6.07) is 9.31. The van der Waals surface area contributed by atoms with E-state index < -0.39 is 17.5 Å². The number of ether oxygens (including phenoxy) is 2. The van der Waals surface area contributed by atoms with Crippen molar-refractivity contribution in [2.24, 2.45) is 0 Å². The minimum absolute atomic E-state index is 0.0663. The molecule has 2 aromatic carbocycles. The quantitative estimate of drug-likeness (QED) is 0.287. The van der Waals surface area contributed by atoms with Gasteiger partial charge in [-0.25, -0.2) is 23.1 Å². The monoisotopic (exact) mass is 462 g/mol. The Bertz CT molecular complexity index is 1250. The Labute approximate surface area is 186 Å². The van der Waals surface area contributed by atoms with Gasteiger partial charge < -0.3 is 9.47 Å². The summed E-state index contributed by atoms with van der Waals surface area (Å²) in [5.74, 6) is -2.06. The molecule has 0 bridgehead atoms. The van der Waals surface area contributed by atoms with Crippen molar-refractivity contribution in [3.05, 3.63) is 70.3 Å². The van der Waals surface area contributed by atoms with E-state index in [2.05, 4.69) is 15.1 Å². The molecule has 0 unspecified atom stereocenters. The Balaban J connectivity index is 1.74. The van der Waals surface area contributed by atoms with Crippen LogP contribution in [0.15, 0.2) is 36.4 Å². The lowest BCUT2D eigenvalue weighted by Gasteiger charge is -2.10. The van der Waals surface area contributed by atoms with Crippen molar-refractivity contribution in [1.82, 2.24) is 19.7 Å². The summed E-state index contributed by atoms with van der Waals surface area (Å²) in [6.45, 7) is 1.74. The largest absolute Gasteiger partial charge is 0.491 e. The normalized spacial score (nSPS) is 11.3. The summed E-state index contributed by atoms with van der Waals surface area (Å²) in [7, 11) is 1.50. The third-order valence-corrected chi connectivity index (χ3v) is 5.08. The summed E-state index contributed by atoms with van der Waals surface area (Å²) >= 11 is 5.88. The van der Waals surface area contributed by atoms with Gasteiger partial charge in [-0.2, -0.15) is 5.10 Å². The van der Waals surface area contributed by atoms with Gasteiger partial charge in [-0.05, 0) is 13.0 Å². The number of hydrogen-bond acceptors (Lipinski definition) is 5. The van der Waals surface area contributed by atoms with Crippen LogP contribution in [0.1, 0.15) is 11.3 Å². The van der Waals surface area contributed by atoms with E-state index in [1.165, 1.54) is 18.7 Å². The second-order valence-electron chi connectivity index (χ2n) is 6.97. The molecule has 0 N–H and O–H groups in total. The number of methoxy groups -OCH3 is 1. The van der Waals surface area contributed by atoms with E-state index in [1.807, 2.05) is 0 Å². The molecule has 10 heteroatoms. The lowest BCUT2D eigenvalue weighted by molar-refractivity contribution is 0.146. The van der Waals surface area contributed by atoms with Gasteiger partial charge in [-0.15, -0.1) is 0 Å². The fourth-order valence-corrected chi connectivity index (χ4v) is 3.47. The van der Waals surface area contributed by atoms with Gasteiger partial charge in [-0.1, -0.05) is 29.8 Å². The van der Waals surface area contributed by atoms with Crippen molar-refractivity contribution in [2.45, 2.75) is 13.5 Å². The number of hydrogen-bond donors (Lipinski definition) is 0. The molecule has 0 radical (unpaired) electrons. The van der Waals surface area contributed by atoms with Crippen LogP contribution < -0.4 is 4.74 Å². The first-order valence-corrected chi connectivity index (χ1v) is 10.0. The van der Waals surface area contributed by atoms with Crippen LogP contribution >= 0.6 is 11.6 Å². The van der Waals surface area contributed by atoms with Crippen LogP contribution in [0.4, 0.5) is 13.2 Å². The molecule has 0 aliphatic carbocycles. The van der Waals surface area contributed by atoms with Crippen LogP contribution in [0.3, 0.4) is 0 Å². The highest BCUT2D eigenvalue weighted by atomic mass is 35.5. The molecule has 0 fully saturated rings. The minimum Gasteiger partial charge on any atom is -0.491 e. The van der Waals surface area contributed by atoms with Gasteiger partial charge >= 0.3 is 0 Å². The first-order valence-electron chi connectivity index (χ1n) is 9.64. The Morgan fingerprint density at radius 3 is 2.44 bits per heavy atom. The van der Waals surface area contributed by atoms with Gasteiger partial charge in [0.1, 0.15) is 29.7 Å². The number of halogens is 4. The lowest BCUT2D eigenvalue weighted by atomic mass is 10.1. The molecule has 0 atom stereocenters. The fourth-order valence-electron chi connectivity index (χ4n) is 3.25. The summed E-state index contributed by atoms with van der Waals surface area (Å²) in [5.41, 5.74) is 0.812. The first-order chi connectivity index (χ1) is 15.4. The summed E-state index contributed by atoms with van der Waals surface area (Å²) in [6.07, 6.45) is 0. The molecular weight excluding hydrogens is 445 g/mol. The highest BCUT2D eigenvalue weighted by Crippen LogP contribution is 2.29. The van der Waals surface area contributed by atoms with Gasteiger partial charge in [0, 0.05) is 30.2 Å². The second-order valence-corrected chi connectivity index (χ2v) is 7.33. The first kappa shape index (κ1) is 22.0. The Morgan fingerprint density at radius 2 is 1.75 bits per heavy atom. The standard InChI is InChI=1S/C22H18ClF3N4O2/c1-12-19(26)21(23)28-22(27-12)20-14-5-3-4-6-18(14)30(29-20)11-15-16(24)9-13(10-17(15)25)32-8-7-31-2/h3-6,9-10H,7-8,11H2,1-2H3. The van der Waals surface area contributed by atoms with E-state index in [9.17, 15) is 13.2 Å². The third kappa shape index (κ3) is 4.26. The van der Waals surface area contributed by atoms with Crippen molar-refractivity contribution < 1.29 is 22.6 Å².